The van der Waals surface area contributed by atoms with Gasteiger partial charge in [0.15, 0.2) is 5.75 Å². The zero-order valence-electron chi connectivity index (χ0n) is 13.0. The molecule has 0 radical (unpaired) electrons. The fourth-order valence-electron chi connectivity index (χ4n) is 1.92. The first-order valence-electron chi connectivity index (χ1n) is 6.80. The van der Waals surface area contributed by atoms with E-state index >= 15 is 0 Å². The largest absolute Gasteiger partial charge is 0.482 e. The Kier molecular flexibility index (Phi) is 5.43. The van der Waals surface area contributed by atoms with Crippen LogP contribution >= 0.6 is 11.6 Å². The van der Waals surface area contributed by atoms with Gasteiger partial charge in [-0.3, -0.25) is 10.1 Å². The van der Waals surface area contributed by atoms with Gasteiger partial charge in [-0.25, -0.2) is 12.7 Å². The summed E-state index contributed by atoms with van der Waals surface area (Å²) in [5.41, 5.74) is 0.321. The van der Waals surface area contributed by atoms with Gasteiger partial charge in [0, 0.05) is 25.2 Å². The van der Waals surface area contributed by atoms with Gasteiger partial charge in [0.1, 0.15) is 6.61 Å². The number of hydrogen-bond acceptors (Lipinski definition) is 5. The molecule has 0 aliphatic heterocycles. The van der Waals surface area contributed by atoms with Crippen LogP contribution in [0.1, 0.15) is 5.56 Å². The van der Waals surface area contributed by atoms with Gasteiger partial charge in [0.2, 0.25) is 10.0 Å². The normalized spacial score (nSPS) is 11.5. The van der Waals surface area contributed by atoms with E-state index in [1.165, 1.54) is 44.4 Å². The molecule has 0 amide bonds. The van der Waals surface area contributed by atoms with Crippen LogP contribution in [-0.4, -0.2) is 31.7 Å². The fraction of sp³-hybridized carbons (Fsp3) is 0.200. The third kappa shape index (κ3) is 4.02. The molecule has 0 aromatic heterocycles. The number of nitro benzene ring substituents is 1. The number of halogens is 1. The lowest BCUT2D eigenvalue weighted by atomic mass is 10.2. The van der Waals surface area contributed by atoms with Crippen LogP contribution in [0, 0.1) is 10.1 Å². The molecule has 0 N–H and O–H groups in total. The standard InChI is InChI=1S/C15H15ClN2O5S/c1-17(2)24(21,22)13-5-3-4-11(8-13)10-23-15-7-6-12(16)9-14(15)18(19)20/h3-9H,10H2,1-2H3. The number of nitrogens with zero attached hydrogens (tertiary/aromatic N) is 2. The van der Waals surface area contributed by atoms with Gasteiger partial charge in [-0.2, -0.15) is 0 Å². The van der Waals surface area contributed by atoms with Crippen LogP contribution in [0.5, 0.6) is 5.75 Å². The Bertz CT molecular complexity index is 868. The molecule has 2 rings (SSSR count). The average molecular weight is 371 g/mol. The first-order chi connectivity index (χ1) is 11.2. The summed E-state index contributed by atoms with van der Waals surface area (Å²) in [6, 6.07) is 10.3. The topological polar surface area (TPSA) is 89.8 Å². The molecule has 24 heavy (non-hydrogen) atoms. The highest BCUT2D eigenvalue weighted by molar-refractivity contribution is 7.89. The van der Waals surface area contributed by atoms with Crippen molar-refractivity contribution in [1.29, 1.82) is 0 Å². The SMILES string of the molecule is CN(C)S(=O)(=O)c1cccc(COc2ccc(Cl)cc2[N+](=O)[O-])c1. The van der Waals surface area contributed by atoms with Gasteiger partial charge in [0.05, 0.1) is 9.82 Å². The lowest BCUT2D eigenvalue weighted by Gasteiger charge is -2.12. The minimum absolute atomic E-state index is 0.0146. The van der Waals surface area contributed by atoms with E-state index in [0.29, 0.717) is 5.56 Å². The quantitative estimate of drug-likeness (QED) is 0.575. The summed E-state index contributed by atoms with van der Waals surface area (Å²) >= 11 is 5.75. The molecule has 0 saturated carbocycles. The van der Waals surface area contributed by atoms with Crippen LogP contribution in [0.25, 0.3) is 0 Å². The average Bonchev–Trinajstić information content (AvgIpc) is 2.53. The second-order valence-electron chi connectivity index (χ2n) is 5.09. The number of rotatable bonds is 6. The second kappa shape index (κ2) is 7.16. The van der Waals surface area contributed by atoms with Gasteiger partial charge in [0.25, 0.3) is 0 Å². The van der Waals surface area contributed by atoms with Gasteiger partial charge >= 0.3 is 5.69 Å². The highest BCUT2D eigenvalue weighted by Gasteiger charge is 2.18. The first-order valence-corrected chi connectivity index (χ1v) is 8.62. The maximum Gasteiger partial charge on any atom is 0.312 e. The molecule has 0 saturated heterocycles. The lowest BCUT2D eigenvalue weighted by molar-refractivity contribution is -0.385. The highest BCUT2D eigenvalue weighted by atomic mass is 35.5. The first kappa shape index (κ1) is 18.2. The minimum Gasteiger partial charge on any atom is -0.482 e. The fourth-order valence-corrected chi connectivity index (χ4v) is 3.06. The molecule has 128 valence electrons. The Hall–Kier alpha value is -2.16. The molecule has 0 bridgehead atoms. The molecular weight excluding hydrogens is 356 g/mol. The molecule has 7 nitrogen and oxygen atoms in total. The van der Waals surface area contributed by atoms with E-state index in [1.54, 1.807) is 12.1 Å². The summed E-state index contributed by atoms with van der Waals surface area (Å²) in [6.07, 6.45) is 0. The van der Waals surface area contributed by atoms with Crippen molar-refractivity contribution in [3.63, 3.8) is 0 Å². The minimum atomic E-state index is -3.56. The van der Waals surface area contributed by atoms with Crippen LogP contribution < -0.4 is 4.74 Å². The summed E-state index contributed by atoms with van der Waals surface area (Å²) in [6.45, 7) is -0.0146. The van der Waals surface area contributed by atoms with Crippen molar-refractivity contribution >= 4 is 27.3 Å². The molecule has 0 aliphatic rings. The molecule has 0 atom stereocenters. The van der Waals surface area contributed by atoms with E-state index in [-0.39, 0.29) is 28.0 Å². The zero-order valence-corrected chi connectivity index (χ0v) is 14.5. The van der Waals surface area contributed by atoms with Crippen molar-refractivity contribution in [2.75, 3.05) is 14.1 Å². The van der Waals surface area contributed by atoms with Gasteiger partial charge in [-0.05, 0) is 29.8 Å². The van der Waals surface area contributed by atoms with Crippen LogP contribution in [0.3, 0.4) is 0 Å². The van der Waals surface area contributed by atoms with Crippen molar-refractivity contribution in [3.8, 4) is 5.75 Å². The molecule has 0 aliphatic carbocycles. The maximum absolute atomic E-state index is 12.1. The molecule has 2 aromatic carbocycles. The predicted molar refractivity (Wildman–Crippen MR) is 89.8 cm³/mol. The summed E-state index contributed by atoms with van der Waals surface area (Å²) in [7, 11) is -0.677. The van der Waals surface area contributed by atoms with Crippen LogP contribution in [0.4, 0.5) is 5.69 Å². The van der Waals surface area contributed by atoms with Gasteiger partial charge in [-0.1, -0.05) is 23.7 Å². The monoisotopic (exact) mass is 370 g/mol. The molecule has 0 unspecified atom stereocenters. The highest BCUT2D eigenvalue weighted by Crippen LogP contribution is 2.30. The van der Waals surface area contributed by atoms with E-state index < -0.39 is 14.9 Å². The number of benzene rings is 2. The number of sulfonamides is 1. The molecule has 0 heterocycles. The number of ether oxygens (including phenoxy) is 1. The van der Waals surface area contributed by atoms with Gasteiger partial charge in [-0.15, -0.1) is 0 Å². The van der Waals surface area contributed by atoms with E-state index in [2.05, 4.69) is 0 Å². The third-order valence-electron chi connectivity index (χ3n) is 3.19. The summed E-state index contributed by atoms with van der Waals surface area (Å²) in [4.78, 5) is 10.6. The van der Waals surface area contributed by atoms with Crippen molar-refractivity contribution in [3.05, 3.63) is 63.2 Å². The molecule has 0 spiro atoms. The summed E-state index contributed by atoms with van der Waals surface area (Å²) in [5.74, 6) is 0.0604. The van der Waals surface area contributed by atoms with Crippen molar-refractivity contribution in [2.45, 2.75) is 11.5 Å². The van der Waals surface area contributed by atoms with Gasteiger partial charge < -0.3 is 4.74 Å². The zero-order chi connectivity index (χ0) is 17.9. The van der Waals surface area contributed by atoms with E-state index in [1.807, 2.05) is 0 Å². The summed E-state index contributed by atoms with van der Waals surface area (Å²) < 4.78 is 30.8. The maximum atomic E-state index is 12.1. The Labute approximate surface area is 144 Å². The van der Waals surface area contributed by atoms with E-state index in [4.69, 9.17) is 16.3 Å². The Morgan fingerprint density at radius 2 is 1.92 bits per heavy atom. The molecule has 2 aromatic rings. The smallest absolute Gasteiger partial charge is 0.312 e. The Morgan fingerprint density at radius 3 is 2.54 bits per heavy atom. The number of nitro groups is 1. The second-order valence-corrected chi connectivity index (χ2v) is 7.68. The van der Waals surface area contributed by atoms with E-state index in [0.717, 1.165) is 4.31 Å². The van der Waals surface area contributed by atoms with Crippen molar-refractivity contribution in [1.82, 2.24) is 4.31 Å². The van der Waals surface area contributed by atoms with Crippen LogP contribution in [-0.2, 0) is 16.6 Å². The Balaban J connectivity index is 2.24. The van der Waals surface area contributed by atoms with Crippen LogP contribution in [0.2, 0.25) is 5.02 Å². The van der Waals surface area contributed by atoms with Crippen LogP contribution in [0.15, 0.2) is 47.4 Å². The molecular formula is C15H15ClN2O5S. The van der Waals surface area contributed by atoms with Crippen molar-refractivity contribution in [2.24, 2.45) is 0 Å². The molecule has 9 heteroatoms. The van der Waals surface area contributed by atoms with E-state index in [9.17, 15) is 18.5 Å². The molecule has 0 fully saturated rings. The predicted octanol–water partition coefficient (Wildman–Crippen LogP) is 3.08. The summed E-state index contributed by atoms with van der Waals surface area (Å²) in [5, 5.41) is 11.3. The Morgan fingerprint density at radius 1 is 1.21 bits per heavy atom. The third-order valence-corrected chi connectivity index (χ3v) is 5.24. The van der Waals surface area contributed by atoms with Crippen molar-refractivity contribution < 1.29 is 18.1 Å². The lowest BCUT2D eigenvalue weighted by Crippen LogP contribution is -2.22. The number of hydrogen-bond donors (Lipinski definition) is 0.